The van der Waals surface area contributed by atoms with E-state index in [9.17, 15) is 9.18 Å². The van der Waals surface area contributed by atoms with Crippen LogP contribution in [0, 0.1) is 0 Å². The molecule has 1 aliphatic rings. The van der Waals surface area contributed by atoms with Gasteiger partial charge in [-0.1, -0.05) is 6.08 Å². The number of alkyl halides is 1. The lowest BCUT2D eigenvalue weighted by molar-refractivity contribution is 0.0503. The summed E-state index contributed by atoms with van der Waals surface area (Å²) in [7, 11) is 3.01. The van der Waals surface area contributed by atoms with Gasteiger partial charge in [-0.15, -0.1) is 6.58 Å². The van der Waals surface area contributed by atoms with Crippen molar-refractivity contribution in [2.24, 2.45) is 0 Å². The largest absolute Gasteiger partial charge is 0.493 e. The highest BCUT2D eigenvalue weighted by atomic mass is 19.1. The number of methoxy groups -OCH3 is 2. The Labute approximate surface area is 184 Å². The van der Waals surface area contributed by atoms with Crippen LogP contribution in [0.2, 0.25) is 0 Å². The number of aliphatic hydroxyl groups is 1. The molecule has 1 amide bonds. The number of amides is 1. The first-order chi connectivity index (χ1) is 15.1. The maximum atomic E-state index is 13.0. The number of carbonyl (C=O) groups is 1. The van der Waals surface area contributed by atoms with Crippen molar-refractivity contribution in [3.05, 3.63) is 35.9 Å². The molecule has 0 aliphatic carbocycles. The van der Waals surface area contributed by atoms with Gasteiger partial charge in [-0.3, -0.25) is 14.1 Å². The molecule has 1 aromatic rings. The van der Waals surface area contributed by atoms with Gasteiger partial charge in [0, 0.05) is 38.9 Å². The molecule has 31 heavy (non-hydrogen) atoms. The fourth-order valence-electron chi connectivity index (χ4n) is 3.89. The summed E-state index contributed by atoms with van der Waals surface area (Å²) in [6, 6.07) is 3.63. The summed E-state index contributed by atoms with van der Waals surface area (Å²) in [6.45, 7) is 5.94. The highest BCUT2D eigenvalue weighted by molar-refractivity contribution is 5.98. The average molecular weight is 439 g/mol. The minimum absolute atomic E-state index is 0.0621. The summed E-state index contributed by atoms with van der Waals surface area (Å²) in [5, 5.41) is 11.9. The topological polar surface area (TPSA) is 80.3 Å². The van der Waals surface area contributed by atoms with Crippen LogP contribution in [-0.4, -0.2) is 81.8 Å². The minimum Gasteiger partial charge on any atom is -0.493 e. The Balaban J connectivity index is 2.08. The number of aryl methyl sites for hydroxylation is 1. The van der Waals surface area contributed by atoms with E-state index in [0.717, 1.165) is 18.5 Å². The molecule has 1 aromatic carbocycles. The molecule has 0 radical (unpaired) electrons. The molecule has 0 spiro atoms. The van der Waals surface area contributed by atoms with E-state index in [0.29, 0.717) is 56.0 Å². The molecule has 0 saturated carbocycles. The zero-order valence-electron chi connectivity index (χ0n) is 18.6. The lowest BCUT2D eigenvalue weighted by Gasteiger charge is -2.23. The van der Waals surface area contributed by atoms with Crippen LogP contribution in [0.25, 0.3) is 0 Å². The summed E-state index contributed by atoms with van der Waals surface area (Å²) >= 11 is 0. The molecule has 2 atom stereocenters. The first-order valence-electron chi connectivity index (χ1n) is 10.7. The standard InChI is InChI=1S/C23H35FN2O5/c1-4-9-26-16-19(31-11-6-10-27)14-18(26)15-25-23(28)20-12-17(7-5-8-24)13-21(29-2)22(20)30-3/h4,12-13,18-19,27H,1,5-11,14-16H2,2-3H3,(H,25,28)/t18-,19+/m0/s1. The number of halogens is 1. The van der Waals surface area contributed by atoms with Crippen molar-refractivity contribution in [1.29, 1.82) is 0 Å². The number of ether oxygens (including phenoxy) is 3. The fourth-order valence-corrected chi connectivity index (χ4v) is 3.89. The van der Waals surface area contributed by atoms with Gasteiger partial charge in [-0.25, -0.2) is 0 Å². The lowest BCUT2D eigenvalue weighted by Crippen LogP contribution is -2.40. The maximum Gasteiger partial charge on any atom is 0.255 e. The van der Waals surface area contributed by atoms with E-state index in [1.54, 1.807) is 12.1 Å². The average Bonchev–Trinajstić information content (AvgIpc) is 3.17. The number of hydrogen-bond acceptors (Lipinski definition) is 6. The number of benzene rings is 1. The van der Waals surface area contributed by atoms with Crippen LogP contribution in [-0.2, 0) is 11.2 Å². The van der Waals surface area contributed by atoms with Crippen molar-refractivity contribution in [3.8, 4) is 11.5 Å². The van der Waals surface area contributed by atoms with E-state index in [2.05, 4.69) is 16.8 Å². The van der Waals surface area contributed by atoms with E-state index in [-0.39, 0.29) is 24.7 Å². The molecule has 1 fully saturated rings. The Morgan fingerprint density at radius 2 is 2.16 bits per heavy atom. The minimum atomic E-state index is -0.418. The molecule has 1 aliphatic heterocycles. The molecule has 0 bridgehead atoms. The normalized spacial score (nSPS) is 18.7. The second-order valence-electron chi connectivity index (χ2n) is 7.58. The SMILES string of the molecule is C=CCN1C[C@H](OCCCO)C[C@H]1CNC(=O)c1cc(CCCF)cc(OC)c1OC. The van der Waals surface area contributed by atoms with Crippen molar-refractivity contribution >= 4 is 5.91 Å². The predicted molar refractivity (Wildman–Crippen MR) is 118 cm³/mol. The zero-order valence-corrected chi connectivity index (χ0v) is 18.6. The highest BCUT2D eigenvalue weighted by Gasteiger charge is 2.32. The summed E-state index contributed by atoms with van der Waals surface area (Å²) in [6.07, 6.45) is 4.20. The fraction of sp³-hybridized carbons (Fsp3) is 0.609. The van der Waals surface area contributed by atoms with Crippen molar-refractivity contribution < 1.29 is 28.5 Å². The lowest BCUT2D eigenvalue weighted by atomic mass is 10.0. The smallest absolute Gasteiger partial charge is 0.255 e. The second kappa shape index (κ2) is 13.3. The summed E-state index contributed by atoms with van der Waals surface area (Å²) in [4.78, 5) is 15.2. The number of rotatable bonds is 14. The number of carbonyl (C=O) groups excluding carboxylic acids is 1. The van der Waals surface area contributed by atoms with Crippen molar-refractivity contribution in [1.82, 2.24) is 10.2 Å². The van der Waals surface area contributed by atoms with E-state index >= 15 is 0 Å². The molecule has 2 N–H and O–H groups in total. The van der Waals surface area contributed by atoms with Gasteiger partial charge in [0.15, 0.2) is 11.5 Å². The molecular formula is C23H35FN2O5. The number of hydrogen-bond donors (Lipinski definition) is 2. The van der Waals surface area contributed by atoms with Crippen LogP contribution in [0.3, 0.4) is 0 Å². The van der Waals surface area contributed by atoms with Crippen molar-refractivity contribution in [2.75, 3.05) is 53.7 Å². The van der Waals surface area contributed by atoms with Gasteiger partial charge in [0.25, 0.3) is 5.91 Å². The highest BCUT2D eigenvalue weighted by Crippen LogP contribution is 2.33. The van der Waals surface area contributed by atoms with Crippen LogP contribution >= 0.6 is 0 Å². The third kappa shape index (κ3) is 7.19. The first kappa shape index (κ1) is 25.1. The van der Waals surface area contributed by atoms with Crippen LogP contribution in [0.1, 0.15) is 35.2 Å². The van der Waals surface area contributed by atoms with Gasteiger partial charge in [-0.05, 0) is 43.4 Å². The Morgan fingerprint density at radius 1 is 1.35 bits per heavy atom. The Hall–Kier alpha value is -2.16. The van der Waals surface area contributed by atoms with Crippen LogP contribution in [0.4, 0.5) is 4.39 Å². The number of likely N-dealkylation sites (tertiary alicyclic amines) is 1. The zero-order chi connectivity index (χ0) is 22.6. The second-order valence-corrected chi connectivity index (χ2v) is 7.58. The molecule has 1 heterocycles. The van der Waals surface area contributed by atoms with Crippen LogP contribution in [0.15, 0.2) is 24.8 Å². The molecule has 1 saturated heterocycles. The van der Waals surface area contributed by atoms with Gasteiger partial charge in [0.1, 0.15) is 0 Å². The maximum absolute atomic E-state index is 13.0. The molecular weight excluding hydrogens is 403 g/mol. The molecule has 7 nitrogen and oxygen atoms in total. The third-order valence-corrected chi connectivity index (χ3v) is 5.39. The Kier molecular flexibility index (Phi) is 10.8. The van der Waals surface area contributed by atoms with E-state index in [4.69, 9.17) is 19.3 Å². The Bertz CT molecular complexity index is 715. The van der Waals surface area contributed by atoms with E-state index in [1.807, 2.05) is 6.08 Å². The predicted octanol–water partition coefficient (Wildman–Crippen LogP) is 2.36. The Morgan fingerprint density at radius 3 is 2.81 bits per heavy atom. The van der Waals surface area contributed by atoms with Gasteiger partial charge in [0.2, 0.25) is 0 Å². The molecule has 2 rings (SSSR count). The molecule has 0 aromatic heterocycles. The van der Waals surface area contributed by atoms with Gasteiger partial charge >= 0.3 is 0 Å². The first-order valence-corrected chi connectivity index (χ1v) is 10.7. The van der Waals surface area contributed by atoms with E-state index in [1.165, 1.54) is 14.2 Å². The van der Waals surface area contributed by atoms with Crippen molar-refractivity contribution in [3.63, 3.8) is 0 Å². The van der Waals surface area contributed by atoms with Gasteiger partial charge < -0.3 is 24.6 Å². The summed E-state index contributed by atoms with van der Waals surface area (Å²) in [5.41, 5.74) is 1.20. The van der Waals surface area contributed by atoms with Gasteiger partial charge in [0.05, 0.1) is 32.6 Å². The number of nitrogens with one attached hydrogen (secondary N) is 1. The van der Waals surface area contributed by atoms with E-state index < -0.39 is 6.67 Å². The number of nitrogens with zero attached hydrogens (tertiary/aromatic N) is 1. The third-order valence-electron chi connectivity index (χ3n) is 5.39. The van der Waals surface area contributed by atoms with Crippen LogP contribution in [0.5, 0.6) is 11.5 Å². The van der Waals surface area contributed by atoms with Crippen molar-refractivity contribution in [2.45, 2.75) is 37.8 Å². The quantitative estimate of drug-likeness (QED) is 0.343. The number of aliphatic hydroxyl groups excluding tert-OH is 1. The molecule has 0 unspecified atom stereocenters. The molecule has 8 heteroatoms. The summed E-state index contributed by atoms with van der Waals surface area (Å²) in [5.74, 6) is 0.555. The monoisotopic (exact) mass is 438 g/mol. The molecule has 174 valence electrons. The van der Waals surface area contributed by atoms with Crippen LogP contribution < -0.4 is 14.8 Å². The van der Waals surface area contributed by atoms with Gasteiger partial charge in [-0.2, -0.15) is 0 Å². The summed E-state index contributed by atoms with van der Waals surface area (Å²) < 4.78 is 29.3.